The van der Waals surface area contributed by atoms with Crippen molar-refractivity contribution in [3.63, 3.8) is 0 Å². The van der Waals surface area contributed by atoms with Gasteiger partial charge in [-0.1, -0.05) is 19.9 Å². The minimum absolute atomic E-state index is 0.215. The fraction of sp³-hybridized carbons (Fsp3) is 0.667. The molecule has 106 valence electrons. The summed E-state index contributed by atoms with van der Waals surface area (Å²) in [6, 6.07) is 3.73. The molecule has 1 aromatic heterocycles. The second-order valence-electron chi connectivity index (χ2n) is 5.39. The molecule has 1 fully saturated rings. The molecular formula is C15H25N3O. The van der Waals surface area contributed by atoms with Crippen molar-refractivity contribution in [3.8, 4) is 0 Å². The number of aliphatic hydroxyl groups excluding tert-OH is 1. The van der Waals surface area contributed by atoms with Gasteiger partial charge in [0.15, 0.2) is 0 Å². The summed E-state index contributed by atoms with van der Waals surface area (Å²) >= 11 is 0. The first-order chi connectivity index (χ1) is 9.15. The molecule has 0 bridgehead atoms. The van der Waals surface area contributed by atoms with Crippen LogP contribution in [0.15, 0.2) is 18.3 Å². The summed E-state index contributed by atoms with van der Waals surface area (Å²) in [6.07, 6.45) is 5.36. The maximum atomic E-state index is 10.9. The molecule has 2 heterocycles. The number of rotatable bonds is 5. The molecule has 1 unspecified atom stereocenters. The molecule has 4 heteroatoms. The summed E-state index contributed by atoms with van der Waals surface area (Å²) in [5.41, 5.74) is 6.48. The van der Waals surface area contributed by atoms with Gasteiger partial charge in [0.1, 0.15) is 11.9 Å². The van der Waals surface area contributed by atoms with Crippen molar-refractivity contribution >= 4 is 5.82 Å². The van der Waals surface area contributed by atoms with E-state index in [0.717, 1.165) is 31.5 Å². The minimum atomic E-state index is -0.575. The monoisotopic (exact) mass is 263 g/mol. The molecule has 3 N–H and O–H groups in total. The summed E-state index contributed by atoms with van der Waals surface area (Å²) in [4.78, 5) is 6.54. The lowest BCUT2D eigenvalue weighted by atomic mass is 9.81. The molecule has 0 radical (unpaired) electrons. The number of aromatic nitrogens is 1. The van der Waals surface area contributed by atoms with Crippen LogP contribution >= 0.6 is 0 Å². The molecule has 1 aromatic rings. The zero-order valence-corrected chi connectivity index (χ0v) is 12.0. The Morgan fingerprint density at radius 2 is 2.00 bits per heavy atom. The summed E-state index contributed by atoms with van der Waals surface area (Å²) in [5.74, 6) is 0.445. The maximum absolute atomic E-state index is 10.9. The van der Waals surface area contributed by atoms with E-state index in [4.69, 9.17) is 5.73 Å². The van der Waals surface area contributed by atoms with Gasteiger partial charge < -0.3 is 10.8 Å². The van der Waals surface area contributed by atoms with E-state index in [1.165, 1.54) is 12.8 Å². The number of nitrogens with zero attached hydrogens (tertiary/aromatic N) is 2. The van der Waals surface area contributed by atoms with E-state index < -0.39 is 6.10 Å². The van der Waals surface area contributed by atoms with Gasteiger partial charge in [0.2, 0.25) is 0 Å². The van der Waals surface area contributed by atoms with Gasteiger partial charge in [0.25, 0.3) is 0 Å². The molecule has 0 saturated carbocycles. The lowest BCUT2D eigenvalue weighted by Gasteiger charge is -2.44. The Bertz CT molecular complexity index is 412. The van der Waals surface area contributed by atoms with Crippen LogP contribution in [0.25, 0.3) is 0 Å². The standard InChI is InChI=1S/C15H25N3O/c1-3-15(4-2,18-10-5-6-11-18)13(19)12-8-7-9-17-14(12)16/h7-9,13,19H,3-6,10-11H2,1-2H3,(H2,16,17). The Morgan fingerprint density at radius 3 is 2.53 bits per heavy atom. The number of hydrogen-bond acceptors (Lipinski definition) is 4. The van der Waals surface area contributed by atoms with Crippen LogP contribution < -0.4 is 5.73 Å². The molecule has 0 aliphatic carbocycles. The number of anilines is 1. The summed E-state index contributed by atoms with van der Waals surface area (Å²) < 4.78 is 0. The zero-order chi connectivity index (χ0) is 13.9. The molecule has 1 atom stereocenters. The number of hydrogen-bond donors (Lipinski definition) is 2. The van der Waals surface area contributed by atoms with E-state index in [1.54, 1.807) is 6.20 Å². The Kier molecular flexibility index (Phi) is 4.42. The highest BCUT2D eigenvalue weighted by atomic mass is 16.3. The number of likely N-dealkylation sites (tertiary alicyclic amines) is 1. The fourth-order valence-electron chi connectivity index (χ4n) is 3.37. The third kappa shape index (κ3) is 2.47. The lowest BCUT2D eigenvalue weighted by Crippen LogP contribution is -2.51. The Balaban J connectivity index is 2.35. The second kappa shape index (κ2) is 5.88. The third-order valence-corrected chi connectivity index (χ3v) is 4.64. The average Bonchev–Trinajstić information content (AvgIpc) is 2.96. The smallest absolute Gasteiger partial charge is 0.129 e. The quantitative estimate of drug-likeness (QED) is 0.856. The third-order valence-electron chi connectivity index (χ3n) is 4.64. The number of nitrogen functional groups attached to an aromatic ring is 1. The first kappa shape index (κ1) is 14.3. The highest BCUT2D eigenvalue weighted by molar-refractivity contribution is 5.41. The number of pyridine rings is 1. The molecule has 0 amide bonds. The van der Waals surface area contributed by atoms with Crippen LogP contribution in [0.4, 0.5) is 5.82 Å². The normalized spacial score (nSPS) is 18.7. The molecule has 0 aromatic carbocycles. The first-order valence-corrected chi connectivity index (χ1v) is 7.29. The highest BCUT2D eigenvalue weighted by Crippen LogP contribution is 2.40. The molecule has 2 rings (SSSR count). The van der Waals surface area contributed by atoms with Crippen LogP contribution in [-0.4, -0.2) is 33.6 Å². The van der Waals surface area contributed by atoms with Crippen molar-refractivity contribution in [2.75, 3.05) is 18.8 Å². The Hall–Kier alpha value is -1.13. The molecule has 4 nitrogen and oxygen atoms in total. The average molecular weight is 263 g/mol. The molecule has 1 aliphatic heterocycles. The molecule has 19 heavy (non-hydrogen) atoms. The summed E-state index contributed by atoms with van der Waals surface area (Å²) in [6.45, 7) is 6.44. The van der Waals surface area contributed by atoms with Crippen molar-refractivity contribution in [1.29, 1.82) is 0 Å². The van der Waals surface area contributed by atoms with Crippen LogP contribution in [-0.2, 0) is 0 Å². The van der Waals surface area contributed by atoms with Crippen molar-refractivity contribution in [2.45, 2.75) is 51.2 Å². The van der Waals surface area contributed by atoms with Crippen LogP contribution in [0.1, 0.15) is 51.2 Å². The van der Waals surface area contributed by atoms with E-state index in [-0.39, 0.29) is 5.54 Å². The largest absolute Gasteiger partial charge is 0.386 e. The van der Waals surface area contributed by atoms with Crippen molar-refractivity contribution in [3.05, 3.63) is 23.9 Å². The highest BCUT2D eigenvalue weighted by Gasteiger charge is 2.42. The van der Waals surface area contributed by atoms with Crippen LogP contribution in [0.3, 0.4) is 0 Å². The predicted octanol–water partition coefficient (Wildman–Crippen LogP) is 2.35. The molecule has 1 aliphatic rings. The topological polar surface area (TPSA) is 62.4 Å². The van der Waals surface area contributed by atoms with E-state index in [1.807, 2.05) is 12.1 Å². The second-order valence-corrected chi connectivity index (χ2v) is 5.39. The van der Waals surface area contributed by atoms with E-state index in [0.29, 0.717) is 5.82 Å². The van der Waals surface area contributed by atoms with Gasteiger partial charge in [-0.25, -0.2) is 4.98 Å². The Morgan fingerprint density at radius 1 is 1.37 bits per heavy atom. The van der Waals surface area contributed by atoms with Gasteiger partial charge in [0.05, 0.1) is 5.54 Å². The molecule has 0 spiro atoms. The van der Waals surface area contributed by atoms with E-state index in [9.17, 15) is 5.11 Å². The first-order valence-electron chi connectivity index (χ1n) is 7.29. The van der Waals surface area contributed by atoms with E-state index in [2.05, 4.69) is 23.7 Å². The van der Waals surface area contributed by atoms with Gasteiger partial charge in [-0.3, -0.25) is 4.90 Å². The summed E-state index contributed by atoms with van der Waals surface area (Å²) in [5, 5.41) is 10.9. The number of aliphatic hydroxyl groups is 1. The van der Waals surface area contributed by atoms with Crippen LogP contribution in [0.2, 0.25) is 0 Å². The molecule has 1 saturated heterocycles. The van der Waals surface area contributed by atoms with Gasteiger partial charge in [-0.15, -0.1) is 0 Å². The SMILES string of the molecule is CCC(CC)(C(O)c1cccnc1N)N1CCCC1. The van der Waals surface area contributed by atoms with E-state index >= 15 is 0 Å². The van der Waals surface area contributed by atoms with Gasteiger partial charge in [-0.05, 0) is 44.8 Å². The zero-order valence-electron chi connectivity index (χ0n) is 12.0. The van der Waals surface area contributed by atoms with Crippen molar-refractivity contribution in [1.82, 2.24) is 9.88 Å². The summed E-state index contributed by atoms with van der Waals surface area (Å²) in [7, 11) is 0. The van der Waals surface area contributed by atoms with Crippen molar-refractivity contribution < 1.29 is 5.11 Å². The maximum Gasteiger partial charge on any atom is 0.129 e. The van der Waals surface area contributed by atoms with Crippen LogP contribution in [0.5, 0.6) is 0 Å². The van der Waals surface area contributed by atoms with Crippen LogP contribution in [0, 0.1) is 0 Å². The Labute approximate surface area is 115 Å². The predicted molar refractivity (Wildman–Crippen MR) is 77.7 cm³/mol. The van der Waals surface area contributed by atoms with Gasteiger partial charge in [0, 0.05) is 11.8 Å². The molecular weight excluding hydrogens is 238 g/mol. The number of nitrogens with two attached hydrogens (primary N) is 1. The van der Waals surface area contributed by atoms with Crippen molar-refractivity contribution in [2.24, 2.45) is 0 Å². The lowest BCUT2D eigenvalue weighted by molar-refractivity contribution is -0.0292. The fourth-order valence-corrected chi connectivity index (χ4v) is 3.37. The van der Waals surface area contributed by atoms with Gasteiger partial charge >= 0.3 is 0 Å². The minimum Gasteiger partial charge on any atom is -0.386 e. The van der Waals surface area contributed by atoms with Gasteiger partial charge in [-0.2, -0.15) is 0 Å².